The molecule has 0 fully saturated rings. The summed E-state index contributed by atoms with van der Waals surface area (Å²) in [5.41, 5.74) is 10.9. The van der Waals surface area contributed by atoms with E-state index in [1.54, 1.807) is 6.07 Å². The number of nitrogens with two attached hydrogens (primary N) is 1. The van der Waals surface area contributed by atoms with Crippen LogP contribution in [0.3, 0.4) is 0 Å². The molecule has 140 valence electrons. The molecule has 0 aliphatic carbocycles. The molecular formula is C23H16ClN5. The van der Waals surface area contributed by atoms with Crippen LogP contribution < -0.4 is 5.73 Å². The van der Waals surface area contributed by atoms with Gasteiger partial charge in [0, 0.05) is 34.6 Å². The van der Waals surface area contributed by atoms with E-state index in [2.05, 4.69) is 21.0 Å². The molecule has 6 heteroatoms. The molecule has 0 radical (unpaired) electrons. The number of nitrogens with one attached hydrogen (secondary N) is 2. The van der Waals surface area contributed by atoms with Crippen LogP contribution in [0.1, 0.15) is 11.4 Å². The minimum Gasteiger partial charge on any atom is -0.398 e. The van der Waals surface area contributed by atoms with Crippen LogP contribution in [0.5, 0.6) is 0 Å². The van der Waals surface area contributed by atoms with Gasteiger partial charge < -0.3 is 10.7 Å². The lowest BCUT2D eigenvalue weighted by atomic mass is 9.97. The second-order valence-corrected chi connectivity index (χ2v) is 7.21. The highest BCUT2D eigenvalue weighted by molar-refractivity contribution is 6.35. The molecule has 0 bridgehead atoms. The van der Waals surface area contributed by atoms with Crippen LogP contribution in [-0.2, 0) is 0 Å². The number of nitrogens with zero attached hydrogens (tertiary/aromatic N) is 2. The van der Waals surface area contributed by atoms with Crippen molar-refractivity contribution in [1.29, 1.82) is 5.41 Å². The van der Waals surface area contributed by atoms with Gasteiger partial charge in [0.25, 0.3) is 0 Å². The van der Waals surface area contributed by atoms with E-state index in [9.17, 15) is 0 Å². The fourth-order valence-electron chi connectivity index (χ4n) is 3.53. The molecular weight excluding hydrogens is 382 g/mol. The lowest BCUT2D eigenvalue weighted by molar-refractivity contribution is 1.26. The van der Waals surface area contributed by atoms with Crippen LogP contribution in [0.25, 0.3) is 32.9 Å². The van der Waals surface area contributed by atoms with Crippen molar-refractivity contribution in [3.05, 3.63) is 89.5 Å². The third-order valence-electron chi connectivity index (χ3n) is 5.00. The van der Waals surface area contributed by atoms with Crippen molar-refractivity contribution in [3.63, 3.8) is 0 Å². The van der Waals surface area contributed by atoms with Crippen molar-refractivity contribution in [2.24, 2.45) is 0 Å². The summed E-state index contributed by atoms with van der Waals surface area (Å²) in [7, 11) is 0. The Morgan fingerprint density at radius 2 is 1.86 bits per heavy atom. The van der Waals surface area contributed by atoms with Crippen LogP contribution >= 0.6 is 11.6 Å². The second kappa shape index (κ2) is 6.72. The van der Waals surface area contributed by atoms with Gasteiger partial charge in [-0.3, -0.25) is 10.4 Å². The molecule has 2 heterocycles. The van der Waals surface area contributed by atoms with Crippen molar-refractivity contribution in [2.45, 2.75) is 0 Å². The Morgan fingerprint density at radius 1 is 1.00 bits per heavy atom. The van der Waals surface area contributed by atoms with E-state index < -0.39 is 0 Å². The number of hydrogen-bond acceptors (Lipinski definition) is 4. The minimum absolute atomic E-state index is 0.213. The predicted molar refractivity (Wildman–Crippen MR) is 119 cm³/mol. The number of hydrogen-bond donors (Lipinski definition) is 3. The van der Waals surface area contributed by atoms with Gasteiger partial charge in [0.15, 0.2) is 5.82 Å². The number of anilines is 1. The molecule has 5 aromatic rings. The zero-order valence-electron chi connectivity index (χ0n) is 15.3. The maximum Gasteiger partial charge on any atom is 0.157 e. The standard InChI is InChI=1S/C23H16ClN5/c24-18-6-3-7-20-22(18)29-23(28-20)21(26)16-10-13(8-9-19(16)25)17-12-27-11-14-4-1-2-5-15(14)17/h1-12,26H,25H2,(H,28,29). The summed E-state index contributed by atoms with van der Waals surface area (Å²) in [4.78, 5) is 12.0. The molecule has 0 aliphatic rings. The molecule has 0 unspecified atom stereocenters. The summed E-state index contributed by atoms with van der Waals surface area (Å²) in [5.74, 6) is 0.424. The Balaban J connectivity index is 1.64. The Labute approximate surface area is 171 Å². The van der Waals surface area contributed by atoms with Crippen molar-refractivity contribution in [3.8, 4) is 11.1 Å². The predicted octanol–water partition coefficient (Wildman–Crippen LogP) is 5.43. The van der Waals surface area contributed by atoms with Crippen LogP contribution in [0.15, 0.2) is 73.1 Å². The highest BCUT2D eigenvalue weighted by Gasteiger charge is 2.16. The smallest absolute Gasteiger partial charge is 0.157 e. The van der Waals surface area contributed by atoms with Gasteiger partial charge in [-0.2, -0.15) is 0 Å². The zero-order valence-corrected chi connectivity index (χ0v) is 16.0. The first-order valence-electron chi connectivity index (χ1n) is 9.08. The molecule has 0 saturated carbocycles. The maximum atomic E-state index is 8.70. The zero-order chi connectivity index (χ0) is 20.0. The van der Waals surface area contributed by atoms with Gasteiger partial charge in [-0.05, 0) is 35.2 Å². The van der Waals surface area contributed by atoms with Gasteiger partial charge in [0.2, 0.25) is 0 Å². The summed E-state index contributed by atoms with van der Waals surface area (Å²) in [5, 5.41) is 11.4. The van der Waals surface area contributed by atoms with Gasteiger partial charge in [-0.1, -0.05) is 48.0 Å². The molecule has 5 rings (SSSR count). The average Bonchev–Trinajstić information content (AvgIpc) is 3.19. The van der Waals surface area contributed by atoms with Crippen LogP contribution in [0.4, 0.5) is 5.69 Å². The fourth-order valence-corrected chi connectivity index (χ4v) is 3.75. The van der Waals surface area contributed by atoms with Crippen molar-refractivity contribution in [2.75, 3.05) is 5.73 Å². The number of rotatable bonds is 3. The number of halogens is 1. The van der Waals surface area contributed by atoms with Gasteiger partial charge in [-0.25, -0.2) is 4.98 Å². The normalized spacial score (nSPS) is 11.2. The molecule has 0 spiro atoms. The summed E-state index contributed by atoms with van der Waals surface area (Å²) in [6.07, 6.45) is 3.68. The minimum atomic E-state index is 0.213. The summed E-state index contributed by atoms with van der Waals surface area (Å²) < 4.78 is 0. The third-order valence-corrected chi connectivity index (χ3v) is 5.31. The monoisotopic (exact) mass is 397 g/mol. The Bertz CT molecular complexity index is 1400. The second-order valence-electron chi connectivity index (χ2n) is 6.81. The van der Waals surface area contributed by atoms with E-state index in [0.29, 0.717) is 27.6 Å². The number of H-pyrrole nitrogens is 1. The molecule has 0 saturated heterocycles. The molecule has 0 amide bonds. The van der Waals surface area contributed by atoms with E-state index >= 15 is 0 Å². The molecule has 4 N–H and O–H groups in total. The molecule has 0 aliphatic heterocycles. The van der Waals surface area contributed by atoms with Crippen LogP contribution in [0.2, 0.25) is 5.02 Å². The highest BCUT2D eigenvalue weighted by atomic mass is 35.5. The number of para-hydroxylation sites is 1. The third kappa shape index (κ3) is 2.92. The van der Waals surface area contributed by atoms with Crippen LogP contribution in [-0.4, -0.2) is 20.7 Å². The van der Waals surface area contributed by atoms with Crippen molar-refractivity contribution in [1.82, 2.24) is 15.0 Å². The van der Waals surface area contributed by atoms with Gasteiger partial charge in [0.05, 0.1) is 10.5 Å². The summed E-state index contributed by atoms with van der Waals surface area (Å²) >= 11 is 6.23. The largest absolute Gasteiger partial charge is 0.398 e. The highest BCUT2D eigenvalue weighted by Crippen LogP contribution is 2.31. The SMILES string of the molecule is N=C(c1nc2c(Cl)cccc2[nH]1)c1cc(-c2cncc3ccccc23)ccc1N. The average molecular weight is 398 g/mol. The quantitative estimate of drug-likeness (QED) is 0.280. The number of aromatic nitrogens is 3. The Hall–Kier alpha value is -3.70. The summed E-state index contributed by atoms with van der Waals surface area (Å²) in [6.45, 7) is 0. The van der Waals surface area contributed by atoms with Crippen LogP contribution in [0, 0.1) is 5.41 Å². The number of aromatic amines is 1. The molecule has 0 atom stereocenters. The fraction of sp³-hybridized carbons (Fsp3) is 0. The van der Waals surface area contributed by atoms with Gasteiger partial charge >= 0.3 is 0 Å². The maximum absolute atomic E-state index is 8.70. The molecule has 2 aromatic heterocycles. The van der Waals surface area contributed by atoms with Crippen molar-refractivity contribution >= 4 is 44.8 Å². The van der Waals surface area contributed by atoms with Gasteiger partial charge in [-0.15, -0.1) is 0 Å². The van der Waals surface area contributed by atoms with E-state index in [-0.39, 0.29) is 5.71 Å². The number of imidazole rings is 1. The van der Waals surface area contributed by atoms with Crippen molar-refractivity contribution < 1.29 is 0 Å². The topological polar surface area (TPSA) is 91.4 Å². The Kier molecular flexibility index (Phi) is 4.03. The van der Waals surface area contributed by atoms with E-state index in [0.717, 1.165) is 27.4 Å². The number of benzene rings is 3. The molecule has 3 aromatic carbocycles. The lowest BCUT2D eigenvalue weighted by Gasteiger charge is -2.11. The molecule has 5 nitrogen and oxygen atoms in total. The Morgan fingerprint density at radius 3 is 2.72 bits per heavy atom. The number of pyridine rings is 1. The van der Waals surface area contributed by atoms with E-state index in [4.69, 9.17) is 22.7 Å². The van der Waals surface area contributed by atoms with E-state index in [1.807, 2.05) is 60.9 Å². The van der Waals surface area contributed by atoms with Gasteiger partial charge in [0.1, 0.15) is 11.2 Å². The molecule has 29 heavy (non-hydrogen) atoms. The number of fused-ring (bicyclic) bond motifs is 2. The number of nitrogen functional groups attached to an aromatic ring is 1. The summed E-state index contributed by atoms with van der Waals surface area (Å²) in [6, 6.07) is 19.3. The first-order chi connectivity index (χ1) is 14.1. The first-order valence-corrected chi connectivity index (χ1v) is 9.46. The first kappa shape index (κ1) is 17.4. The van der Waals surface area contributed by atoms with E-state index in [1.165, 1.54) is 0 Å². The lowest BCUT2D eigenvalue weighted by Crippen LogP contribution is -2.07.